The van der Waals surface area contributed by atoms with Crippen LogP contribution in [0.3, 0.4) is 0 Å². The summed E-state index contributed by atoms with van der Waals surface area (Å²) in [6, 6.07) is 9.37. The van der Waals surface area contributed by atoms with Gasteiger partial charge in [-0.3, -0.25) is 4.79 Å². The average Bonchev–Trinajstić information content (AvgIpc) is 2.83. The highest BCUT2D eigenvalue weighted by molar-refractivity contribution is 6.30. The first-order valence-electron chi connectivity index (χ1n) is 6.48. The van der Waals surface area contributed by atoms with E-state index in [9.17, 15) is 4.79 Å². The number of rotatable bonds is 4. The Labute approximate surface area is 123 Å². The van der Waals surface area contributed by atoms with E-state index in [4.69, 9.17) is 16.0 Å². The summed E-state index contributed by atoms with van der Waals surface area (Å²) in [4.78, 5) is 12.1. The molecule has 4 heteroatoms. The molecule has 20 heavy (non-hydrogen) atoms. The topological polar surface area (TPSA) is 42.2 Å². The van der Waals surface area contributed by atoms with Crippen molar-refractivity contribution >= 4 is 17.5 Å². The van der Waals surface area contributed by atoms with Crippen LogP contribution in [0.1, 0.15) is 35.5 Å². The van der Waals surface area contributed by atoms with Crippen LogP contribution in [0.4, 0.5) is 0 Å². The van der Waals surface area contributed by atoms with Crippen molar-refractivity contribution in [1.29, 1.82) is 0 Å². The van der Waals surface area contributed by atoms with Crippen molar-refractivity contribution < 1.29 is 9.21 Å². The zero-order valence-corrected chi connectivity index (χ0v) is 12.6. The van der Waals surface area contributed by atoms with Crippen LogP contribution in [-0.4, -0.2) is 12.5 Å². The first kappa shape index (κ1) is 14.7. The summed E-state index contributed by atoms with van der Waals surface area (Å²) in [5, 5.41) is 3.66. The van der Waals surface area contributed by atoms with Gasteiger partial charge < -0.3 is 9.73 Å². The summed E-state index contributed by atoms with van der Waals surface area (Å²) in [6.45, 7) is 6.48. The third-order valence-electron chi connectivity index (χ3n) is 3.42. The van der Waals surface area contributed by atoms with Crippen molar-refractivity contribution in [1.82, 2.24) is 5.32 Å². The molecule has 0 unspecified atom stereocenters. The number of hydrogen-bond donors (Lipinski definition) is 1. The molecule has 1 amide bonds. The summed E-state index contributed by atoms with van der Waals surface area (Å²) in [5.74, 6) is 0.519. The lowest BCUT2D eigenvalue weighted by atomic mass is 9.84. The van der Waals surface area contributed by atoms with Crippen LogP contribution in [0.15, 0.2) is 41.0 Å². The van der Waals surface area contributed by atoms with E-state index in [1.54, 1.807) is 13.0 Å². The lowest BCUT2D eigenvalue weighted by molar-refractivity contribution is 0.0944. The van der Waals surface area contributed by atoms with E-state index in [1.807, 2.05) is 24.3 Å². The molecule has 0 aliphatic rings. The van der Waals surface area contributed by atoms with E-state index >= 15 is 0 Å². The van der Waals surface area contributed by atoms with Gasteiger partial charge in [-0.2, -0.15) is 0 Å². The van der Waals surface area contributed by atoms with Gasteiger partial charge in [0.15, 0.2) is 0 Å². The van der Waals surface area contributed by atoms with Gasteiger partial charge in [-0.05, 0) is 30.7 Å². The Balaban J connectivity index is 2.04. The van der Waals surface area contributed by atoms with Gasteiger partial charge in [0.05, 0.1) is 11.8 Å². The van der Waals surface area contributed by atoms with Gasteiger partial charge in [-0.1, -0.05) is 37.6 Å². The molecule has 2 rings (SSSR count). The first-order chi connectivity index (χ1) is 9.40. The molecule has 1 N–H and O–H groups in total. The van der Waals surface area contributed by atoms with Crippen molar-refractivity contribution in [2.75, 3.05) is 6.54 Å². The van der Waals surface area contributed by atoms with Gasteiger partial charge in [0.1, 0.15) is 5.76 Å². The smallest absolute Gasteiger partial charge is 0.254 e. The standard InChI is InChI=1S/C16H18ClNO2/c1-11-14(8-9-20-11)15(19)18-10-16(2,3)12-4-6-13(17)7-5-12/h4-9H,10H2,1-3H3,(H,18,19). The molecule has 0 saturated carbocycles. The van der Waals surface area contributed by atoms with Crippen LogP contribution in [-0.2, 0) is 5.41 Å². The maximum absolute atomic E-state index is 12.1. The van der Waals surface area contributed by atoms with Gasteiger partial charge in [0, 0.05) is 17.0 Å². The molecule has 106 valence electrons. The zero-order chi connectivity index (χ0) is 14.8. The summed E-state index contributed by atoms with van der Waals surface area (Å²) < 4.78 is 5.14. The summed E-state index contributed by atoms with van der Waals surface area (Å²) >= 11 is 5.89. The Bertz CT molecular complexity index is 599. The number of carbonyl (C=O) groups is 1. The molecule has 0 aliphatic carbocycles. The quantitative estimate of drug-likeness (QED) is 0.927. The van der Waals surface area contributed by atoms with Crippen molar-refractivity contribution in [3.05, 3.63) is 58.5 Å². The molecule has 0 atom stereocenters. The number of hydrogen-bond acceptors (Lipinski definition) is 2. The predicted molar refractivity (Wildman–Crippen MR) is 80.3 cm³/mol. The number of carbonyl (C=O) groups excluding carboxylic acids is 1. The molecule has 0 bridgehead atoms. The van der Waals surface area contributed by atoms with Gasteiger partial charge >= 0.3 is 0 Å². The van der Waals surface area contributed by atoms with E-state index in [1.165, 1.54) is 6.26 Å². The first-order valence-corrected chi connectivity index (χ1v) is 6.86. The molecule has 0 fully saturated rings. The second-order valence-electron chi connectivity index (χ2n) is 5.46. The van der Waals surface area contributed by atoms with Gasteiger partial charge in [-0.25, -0.2) is 0 Å². The highest BCUT2D eigenvalue weighted by atomic mass is 35.5. The van der Waals surface area contributed by atoms with Gasteiger partial charge in [0.2, 0.25) is 0 Å². The molecular weight excluding hydrogens is 274 g/mol. The fraction of sp³-hybridized carbons (Fsp3) is 0.312. The number of aryl methyl sites for hydroxylation is 1. The summed E-state index contributed by atoms with van der Waals surface area (Å²) in [6.07, 6.45) is 1.52. The van der Waals surface area contributed by atoms with Crippen molar-refractivity contribution in [3.63, 3.8) is 0 Å². The minimum Gasteiger partial charge on any atom is -0.469 e. The molecule has 1 aromatic carbocycles. The fourth-order valence-corrected chi connectivity index (χ4v) is 2.15. The lowest BCUT2D eigenvalue weighted by Crippen LogP contribution is -2.36. The number of benzene rings is 1. The number of nitrogens with one attached hydrogen (secondary N) is 1. The van der Waals surface area contributed by atoms with E-state index in [-0.39, 0.29) is 11.3 Å². The van der Waals surface area contributed by atoms with Crippen molar-refractivity contribution in [3.8, 4) is 0 Å². The molecule has 0 aliphatic heterocycles. The second kappa shape index (κ2) is 5.71. The molecule has 3 nitrogen and oxygen atoms in total. The highest BCUT2D eigenvalue weighted by Gasteiger charge is 2.22. The minimum atomic E-state index is -0.169. The second-order valence-corrected chi connectivity index (χ2v) is 5.90. The predicted octanol–water partition coefficient (Wildman–Crippen LogP) is 3.95. The van der Waals surface area contributed by atoms with Crippen LogP contribution in [0.2, 0.25) is 5.02 Å². The minimum absolute atomic E-state index is 0.113. The lowest BCUT2D eigenvalue weighted by Gasteiger charge is -2.25. The van der Waals surface area contributed by atoms with E-state index < -0.39 is 0 Å². The Morgan fingerprint density at radius 2 is 1.90 bits per heavy atom. The van der Waals surface area contributed by atoms with Gasteiger partial charge in [0.25, 0.3) is 5.91 Å². The Morgan fingerprint density at radius 3 is 2.45 bits per heavy atom. The Kier molecular flexibility index (Phi) is 4.19. The van der Waals surface area contributed by atoms with E-state index in [0.29, 0.717) is 22.9 Å². The largest absolute Gasteiger partial charge is 0.469 e. The average molecular weight is 292 g/mol. The number of amides is 1. The SMILES string of the molecule is Cc1occc1C(=O)NCC(C)(C)c1ccc(Cl)cc1. The molecule has 0 radical (unpaired) electrons. The number of halogens is 1. The Morgan fingerprint density at radius 1 is 1.25 bits per heavy atom. The summed E-state index contributed by atoms with van der Waals surface area (Å²) in [7, 11) is 0. The summed E-state index contributed by atoms with van der Waals surface area (Å²) in [5.41, 5.74) is 1.54. The molecule has 1 aromatic heterocycles. The highest BCUT2D eigenvalue weighted by Crippen LogP contribution is 2.24. The fourth-order valence-electron chi connectivity index (χ4n) is 2.02. The monoisotopic (exact) mass is 291 g/mol. The van der Waals surface area contributed by atoms with Crippen LogP contribution in [0.5, 0.6) is 0 Å². The molecular formula is C16H18ClNO2. The number of furan rings is 1. The molecule has 0 spiro atoms. The van der Waals surface area contributed by atoms with Crippen LogP contribution >= 0.6 is 11.6 Å². The van der Waals surface area contributed by atoms with Crippen molar-refractivity contribution in [2.45, 2.75) is 26.2 Å². The molecule has 2 aromatic rings. The maximum Gasteiger partial charge on any atom is 0.254 e. The van der Waals surface area contributed by atoms with E-state index in [2.05, 4.69) is 19.2 Å². The third-order valence-corrected chi connectivity index (χ3v) is 3.67. The Hall–Kier alpha value is -1.74. The van der Waals surface area contributed by atoms with Crippen molar-refractivity contribution in [2.24, 2.45) is 0 Å². The third kappa shape index (κ3) is 3.23. The molecule has 1 heterocycles. The van der Waals surface area contributed by atoms with Crippen LogP contribution in [0.25, 0.3) is 0 Å². The van der Waals surface area contributed by atoms with Gasteiger partial charge in [-0.15, -0.1) is 0 Å². The molecule has 0 saturated heterocycles. The normalized spacial score (nSPS) is 11.4. The maximum atomic E-state index is 12.1. The zero-order valence-electron chi connectivity index (χ0n) is 11.9. The van der Waals surface area contributed by atoms with Crippen LogP contribution in [0, 0.1) is 6.92 Å². The van der Waals surface area contributed by atoms with E-state index in [0.717, 1.165) is 5.56 Å². The van der Waals surface area contributed by atoms with Crippen LogP contribution < -0.4 is 5.32 Å².